The molecule has 16 heavy (non-hydrogen) atoms. The molecule has 2 aliphatic rings. The minimum atomic E-state index is 0.113. The van der Waals surface area contributed by atoms with Gasteiger partial charge in [-0.15, -0.1) is 0 Å². The fraction of sp³-hybridized carbons (Fsp3) is 1.00. The quantitative estimate of drug-likeness (QED) is 0.797. The smallest absolute Gasteiger partial charge is 0.0631 e. The van der Waals surface area contributed by atoms with E-state index in [1.807, 2.05) is 0 Å². The first-order valence-corrected chi connectivity index (χ1v) is 7.00. The van der Waals surface area contributed by atoms with Crippen LogP contribution in [0.5, 0.6) is 0 Å². The van der Waals surface area contributed by atoms with Gasteiger partial charge in [0.1, 0.15) is 0 Å². The maximum absolute atomic E-state index is 6.27. The molecule has 2 unspecified atom stereocenters. The Kier molecular flexibility index (Phi) is 3.91. The van der Waals surface area contributed by atoms with Crippen LogP contribution in [0.2, 0.25) is 0 Å². The first-order chi connectivity index (χ1) is 7.57. The van der Waals surface area contributed by atoms with Crippen LogP contribution in [-0.2, 0) is 4.74 Å². The summed E-state index contributed by atoms with van der Waals surface area (Å²) in [6.45, 7) is 4.40. The first-order valence-electron chi connectivity index (χ1n) is 7.00. The van der Waals surface area contributed by atoms with Crippen LogP contribution in [0.1, 0.15) is 65.2 Å². The standard InChI is InChI=1S/C14H27NO/c1-14(2)10-9-12(16-14)7-8-13(15)11-5-3-4-6-11/h11-13H,3-10,15H2,1-2H3. The summed E-state index contributed by atoms with van der Waals surface area (Å²) in [4.78, 5) is 0. The third kappa shape index (κ3) is 3.21. The molecule has 2 fully saturated rings. The predicted octanol–water partition coefficient (Wildman–Crippen LogP) is 3.24. The van der Waals surface area contributed by atoms with Gasteiger partial charge >= 0.3 is 0 Å². The number of rotatable bonds is 4. The normalized spacial score (nSPS) is 32.1. The SMILES string of the molecule is CC1(C)CCC(CCC(N)C2CCCC2)O1. The zero-order chi connectivity index (χ0) is 11.6. The van der Waals surface area contributed by atoms with Crippen molar-refractivity contribution in [2.45, 2.75) is 83.0 Å². The molecule has 0 bridgehead atoms. The Morgan fingerprint density at radius 3 is 2.50 bits per heavy atom. The molecule has 2 heteroatoms. The largest absolute Gasteiger partial charge is 0.372 e. The van der Waals surface area contributed by atoms with Gasteiger partial charge in [-0.1, -0.05) is 12.8 Å². The molecule has 0 aromatic carbocycles. The fourth-order valence-corrected chi connectivity index (χ4v) is 3.28. The molecule has 2 rings (SSSR count). The molecule has 0 amide bonds. The third-order valence-corrected chi connectivity index (χ3v) is 4.38. The van der Waals surface area contributed by atoms with Crippen LogP contribution in [-0.4, -0.2) is 17.7 Å². The van der Waals surface area contributed by atoms with Crippen LogP contribution in [0.25, 0.3) is 0 Å². The zero-order valence-corrected chi connectivity index (χ0v) is 10.9. The van der Waals surface area contributed by atoms with E-state index in [1.165, 1.54) is 44.9 Å². The van der Waals surface area contributed by atoms with E-state index in [9.17, 15) is 0 Å². The summed E-state index contributed by atoms with van der Waals surface area (Å²) in [6.07, 6.45) is 10.7. The lowest BCUT2D eigenvalue weighted by molar-refractivity contribution is -0.0200. The van der Waals surface area contributed by atoms with Crippen molar-refractivity contribution in [3.8, 4) is 0 Å². The van der Waals surface area contributed by atoms with E-state index in [0.717, 1.165) is 12.3 Å². The van der Waals surface area contributed by atoms with Gasteiger partial charge in [0, 0.05) is 6.04 Å². The Labute approximate surface area is 99.9 Å². The first kappa shape index (κ1) is 12.4. The van der Waals surface area contributed by atoms with Gasteiger partial charge in [0.15, 0.2) is 0 Å². The monoisotopic (exact) mass is 225 g/mol. The molecule has 2 atom stereocenters. The summed E-state index contributed by atoms with van der Waals surface area (Å²) >= 11 is 0. The molecule has 94 valence electrons. The van der Waals surface area contributed by atoms with E-state index in [2.05, 4.69) is 13.8 Å². The van der Waals surface area contributed by atoms with Gasteiger partial charge in [-0.05, 0) is 58.3 Å². The minimum absolute atomic E-state index is 0.113. The van der Waals surface area contributed by atoms with Crippen molar-refractivity contribution in [3.63, 3.8) is 0 Å². The molecule has 0 aromatic heterocycles. The minimum Gasteiger partial charge on any atom is -0.372 e. The number of hydrogen-bond acceptors (Lipinski definition) is 2. The number of nitrogens with two attached hydrogens (primary N) is 1. The number of ether oxygens (including phenoxy) is 1. The average molecular weight is 225 g/mol. The second kappa shape index (κ2) is 5.05. The van der Waals surface area contributed by atoms with E-state index in [-0.39, 0.29) is 5.60 Å². The lowest BCUT2D eigenvalue weighted by Crippen LogP contribution is -2.30. The molecule has 0 spiro atoms. The zero-order valence-electron chi connectivity index (χ0n) is 10.9. The highest BCUT2D eigenvalue weighted by atomic mass is 16.5. The predicted molar refractivity (Wildman–Crippen MR) is 67.4 cm³/mol. The van der Waals surface area contributed by atoms with E-state index in [0.29, 0.717) is 12.1 Å². The molecule has 2 N–H and O–H groups in total. The van der Waals surface area contributed by atoms with Crippen molar-refractivity contribution in [1.29, 1.82) is 0 Å². The highest BCUT2D eigenvalue weighted by Crippen LogP contribution is 2.33. The molecule has 1 heterocycles. The van der Waals surface area contributed by atoms with E-state index in [4.69, 9.17) is 10.5 Å². The average Bonchev–Trinajstić information content (AvgIpc) is 2.83. The Morgan fingerprint density at radius 1 is 1.25 bits per heavy atom. The van der Waals surface area contributed by atoms with Crippen molar-refractivity contribution in [3.05, 3.63) is 0 Å². The Hall–Kier alpha value is -0.0800. The molecular weight excluding hydrogens is 198 g/mol. The topological polar surface area (TPSA) is 35.2 Å². The Morgan fingerprint density at radius 2 is 1.94 bits per heavy atom. The van der Waals surface area contributed by atoms with Crippen LogP contribution in [0.4, 0.5) is 0 Å². The highest BCUT2D eigenvalue weighted by molar-refractivity contribution is 4.83. The van der Waals surface area contributed by atoms with Gasteiger partial charge < -0.3 is 10.5 Å². The van der Waals surface area contributed by atoms with Gasteiger partial charge in [0.25, 0.3) is 0 Å². The summed E-state index contributed by atoms with van der Waals surface area (Å²) in [6, 6.07) is 0.426. The van der Waals surface area contributed by atoms with Crippen molar-refractivity contribution >= 4 is 0 Å². The summed E-state index contributed by atoms with van der Waals surface area (Å²) in [7, 11) is 0. The number of hydrogen-bond donors (Lipinski definition) is 1. The van der Waals surface area contributed by atoms with E-state index >= 15 is 0 Å². The van der Waals surface area contributed by atoms with Gasteiger partial charge in [-0.2, -0.15) is 0 Å². The molecule has 2 nitrogen and oxygen atoms in total. The molecular formula is C14H27NO. The summed E-state index contributed by atoms with van der Waals surface area (Å²) in [5.74, 6) is 0.800. The molecule has 0 radical (unpaired) electrons. The van der Waals surface area contributed by atoms with Gasteiger partial charge in [0.2, 0.25) is 0 Å². The van der Waals surface area contributed by atoms with E-state index in [1.54, 1.807) is 0 Å². The third-order valence-electron chi connectivity index (χ3n) is 4.38. The molecule has 1 saturated heterocycles. The van der Waals surface area contributed by atoms with Crippen molar-refractivity contribution < 1.29 is 4.74 Å². The maximum atomic E-state index is 6.27. The Balaban J connectivity index is 1.67. The summed E-state index contributed by atoms with van der Waals surface area (Å²) in [5, 5.41) is 0. The van der Waals surface area contributed by atoms with Crippen molar-refractivity contribution in [2.24, 2.45) is 11.7 Å². The fourth-order valence-electron chi connectivity index (χ4n) is 3.28. The maximum Gasteiger partial charge on any atom is 0.0631 e. The lowest BCUT2D eigenvalue weighted by Gasteiger charge is -2.22. The molecule has 1 aliphatic heterocycles. The Bertz CT molecular complexity index is 219. The van der Waals surface area contributed by atoms with Crippen LogP contribution < -0.4 is 5.73 Å². The molecule has 1 aliphatic carbocycles. The molecule has 0 aromatic rings. The second-order valence-electron chi connectivity index (χ2n) is 6.32. The summed E-state index contributed by atoms with van der Waals surface area (Å²) < 4.78 is 6.01. The highest BCUT2D eigenvalue weighted by Gasteiger charge is 2.32. The van der Waals surface area contributed by atoms with Gasteiger partial charge in [0.05, 0.1) is 11.7 Å². The molecule has 1 saturated carbocycles. The van der Waals surface area contributed by atoms with Crippen LogP contribution in [0.3, 0.4) is 0 Å². The van der Waals surface area contributed by atoms with Crippen molar-refractivity contribution in [2.75, 3.05) is 0 Å². The van der Waals surface area contributed by atoms with Gasteiger partial charge in [-0.25, -0.2) is 0 Å². The summed E-state index contributed by atoms with van der Waals surface area (Å²) in [5.41, 5.74) is 6.38. The second-order valence-corrected chi connectivity index (χ2v) is 6.32. The van der Waals surface area contributed by atoms with E-state index < -0.39 is 0 Å². The van der Waals surface area contributed by atoms with Crippen LogP contribution in [0, 0.1) is 5.92 Å². The van der Waals surface area contributed by atoms with Gasteiger partial charge in [-0.3, -0.25) is 0 Å². The lowest BCUT2D eigenvalue weighted by atomic mass is 9.93. The van der Waals surface area contributed by atoms with Crippen LogP contribution >= 0.6 is 0 Å². The van der Waals surface area contributed by atoms with Crippen LogP contribution in [0.15, 0.2) is 0 Å². The van der Waals surface area contributed by atoms with Crippen molar-refractivity contribution in [1.82, 2.24) is 0 Å².